The number of imidazole rings is 1. The van der Waals surface area contributed by atoms with Gasteiger partial charge in [-0.25, -0.2) is 14.8 Å². The number of H-pyrrole nitrogens is 1. The number of urea groups is 1. The Morgan fingerprint density at radius 2 is 2.19 bits per heavy atom. The molecule has 0 aliphatic rings. The van der Waals surface area contributed by atoms with Gasteiger partial charge in [0.2, 0.25) is 5.91 Å². The zero-order valence-electron chi connectivity index (χ0n) is 11.4. The van der Waals surface area contributed by atoms with Crippen molar-refractivity contribution in [2.75, 3.05) is 0 Å². The van der Waals surface area contributed by atoms with Gasteiger partial charge in [-0.3, -0.25) is 10.1 Å². The van der Waals surface area contributed by atoms with Gasteiger partial charge in [-0.15, -0.1) is 0 Å². The number of imide groups is 1. The Balaban J connectivity index is 2.22. The highest BCUT2D eigenvalue weighted by molar-refractivity contribution is 8.00. The van der Waals surface area contributed by atoms with Gasteiger partial charge in [0, 0.05) is 6.20 Å². The Bertz CT molecular complexity index is 687. The van der Waals surface area contributed by atoms with E-state index in [4.69, 9.17) is 17.3 Å². The van der Waals surface area contributed by atoms with E-state index in [1.54, 1.807) is 6.07 Å². The number of thioether (sulfide) groups is 1. The summed E-state index contributed by atoms with van der Waals surface area (Å²) in [5, 5.41) is 2.60. The van der Waals surface area contributed by atoms with Gasteiger partial charge >= 0.3 is 6.03 Å². The normalized spacial score (nSPS) is 12.6. The van der Waals surface area contributed by atoms with Gasteiger partial charge in [0.25, 0.3) is 0 Å². The largest absolute Gasteiger partial charge is 0.351 e. The number of nitrogens with zero attached hydrogens (tertiary/aromatic N) is 2. The third-order valence-corrected chi connectivity index (χ3v) is 4.27. The molecule has 21 heavy (non-hydrogen) atoms. The number of carbonyl (C=O) groups is 2. The first-order valence-electron chi connectivity index (χ1n) is 6.15. The number of nitrogens with two attached hydrogens (primary N) is 1. The molecule has 0 saturated heterocycles. The highest BCUT2D eigenvalue weighted by atomic mass is 35.5. The van der Waals surface area contributed by atoms with Crippen LogP contribution in [0.15, 0.2) is 17.4 Å². The number of amides is 3. The first-order valence-corrected chi connectivity index (χ1v) is 7.41. The predicted molar refractivity (Wildman–Crippen MR) is 81.1 cm³/mol. The molecule has 0 aromatic carbocycles. The molecule has 112 valence electrons. The van der Waals surface area contributed by atoms with Crippen molar-refractivity contribution in [1.29, 1.82) is 0 Å². The Labute approximate surface area is 130 Å². The van der Waals surface area contributed by atoms with Crippen LogP contribution >= 0.6 is 23.4 Å². The molecule has 0 unspecified atom stereocenters. The highest BCUT2D eigenvalue weighted by Gasteiger charge is 2.26. The first-order chi connectivity index (χ1) is 9.86. The van der Waals surface area contributed by atoms with Crippen molar-refractivity contribution < 1.29 is 9.59 Å². The van der Waals surface area contributed by atoms with Crippen molar-refractivity contribution in [1.82, 2.24) is 20.3 Å². The Kier molecular flexibility index (Phi) is 4.69. The summed E-state index contributed by atoms with van der Waals surface area (Å²) >= 11 is 7.07. The van der Waals surface area contributed by atoms with Gasteiger partial charge < -0.3 is 10.7 Å². The highest BCUT2D eigenvalue weighted by Crippen LogP contribution is 2.28. The molecule has 0 radical (unpaired) electrons. The van der Waals surface area contributed by atoms with Crippen LogP contribution in [0.3, 0.4) is 0 Å². The molecule has 2 heterocycles. The number of hydrogen-bond acceptors (Lipinski definition) is 5. The molecule has 3 amide bonds. The fraction of sp³-hybridized carbons (Fsp3) is 0.333. The van der Waals surface area contributed by atoms with Crippen LogP contribution in [-0.2, 0) is 4.79 Å². The summed E-state index contributed by atoms with van der Waals surface area (Å²) in [5.41, 5.74) is 6.17. The molecular formula is C12H14ClN5O2S. The molecule has 9 heteroatoms. The third kappa shape index (κ3) is 3.85. The lowest BCUT2D eigenvalue weighted by Gasteiger charge is -2.17. The van der Waals surface area contributed by atoms with E-state index in [2.05, 4.69) is 20.3 Å². The fourth-order valence-corrected chi connectivity index (χ4v) is 2.86. The lowest BCUT2D eigenvalue weighted by atomic mass is 10.1. The maximum atomic E-state index is 12.0. The van der Waals surface area contributed by atoms with E-state index in [0.29, 0.717) is 21.3 Å². The van der Waals surface area contributed by atoms with E-state index < -0.39 is 17.2 Å². The second-order valence-electron chi connectivity index (χ2n) is 4.70. The molecule has 0 bridgehead atoms. The maximum absolute atomic E-state index is 12.0. The average molecular weight is 328 g/mol. The summed E-state index contributed by atoms with van der Waals surface area (Å²) in [7, 11) is 0. The van der Waals surface area contributed by atoms with E-state index in [0.717, 1.165) is 0 Å². The lowest BCUT2D eigenvalue weighted by molar-refractivity contribution is -0.120. The van der Waals surface area contributed by atoms with E-state index in [-0.39, 0.29) is 5.92 Å². The van der Waals surface area contributed by atoms with Crippen molar-refractivity contribution in [3.8, 4) is 0 Å². The number of primary amides is 1. The second kappa shape index (κ2) is 6.31. The van der Waals surface area contributed by atoms with Gasteiger partial charge in [-0.1, -0.05) is 37.2 Å². The summed E-state index contributed by atoms with van der Waals surface area (Å²) in [6.45, 7) is 3.74. The third-order valence-electron chi connectivity index (χ3n) is 2.63. The summed E-state index contributed by atoms with van der Waals surface area (Å²) in [6.07, 6.45) is 1.50. The zero-order valence-corrected chi connectivity index (χ0v) is 13.0. The molecule has 0 fully saturated rings. The molecule has 0 aliphatic carbocycles. The summed E-state index contributed by atoms with van der Waals surface area (Å²) < 4.78 is 0. The van der Waals surface area contributed by atoms with Gasteiger partial charge in [0.05, 0.1) is 15.8 Å². The molecule has 2 aromatic rings. The molecule has 0 aliphatic heterocycles. The summed E-state index contributed by atoms with van der Waals surface area (Å²) in [4.78, 5) is 34.2. The quantitative estimate of drug-likeness (QED) is 0.742. The standard InChI is InChI=1S/C12H14ClN5O2S/c1-5(2)8(10(19)18-11(14)20)21-12-16-7-3-6(13)4-15-9(7)17-12/h3-5,8H,1-2H3,(H,15,16,17)(H3,14,18,19,20)/t8-/m1/s1. The molecule has 4 N–H and O–H groups in total. The minimum Gasteiger partial charge on any atom is -0.351 e. The number of pyridine rings is 1. The van der Waals surface area contributed by atoms with Crippen LogP contribution in [0.1, 0.15) is 13.8 Å². The minimum atomic E-state index is -0.871. The molecule has 0 spiro atoms. The Morgan fingerprint density at radius 3 is 2.81 bits per heavy atom. The van der Waals surface area contributed by atoms with Crippen LogP contribution in [0.25, 0.3) is 11.2 Å². The number of aromatic amines is 1. The molecular weight excluding hydrogens is 314 g/mol. The van der Waals surface area contributed by atoms with Crippen LogP contribution in [0.5, 0.6) is 0 Å². The number of rotatable bonds is 4. The lowest BCUT2D eigenvalue weighted by Crippen LogP contribution is -2.42. The maximum Gasteiger partial charge on any atom is 0.318 e. The molecule has 2 rings (SSSR count). The number of hydrogen-bond donors (Lipinski definition) is 3. The first kappa shape index (κ1) is 15.6. The number of nitrogens with one attached hydrogen (secondary N) is 2. The number of halogens is 1. The predicted octanol–water partition coefficient (Wildman–Crippen LogP) is 1.92. The smallest absolute Gasteiger partial charge is 0.318 e. The monoisotopic (exact) mass is 327 g/mol. The van der Waals surface area contributed by atoms with Crippen LogP contribution in [0.2, 0.25) is 5.02 Å². The van der Waals surface area contributed by atoms with Crippen molar-refractivity contribution in [2.24, 2.45) is 11.7 Å². The summed E-state index contributed by atoms with van der Waals surface area (Å²) in [6, 6.07) is 0.832. The zero-order chi connectivity index (χ0) is 15.6. The topological polar surface area (TPSA) is 114 Å². The van der Waals surface area contributed by atoms with Gasteiger partial charge in [0.1, 0.15) is 0 Å². The van der Waals surface area contributed by atoms with Crippen molar-refractivity contribution >= 4 is 46.5 Å². The van der Waals surface area contributed by atoms with Crippen molar-refractivity contribution in [3.05, 3.63) is 17.3 Å². The van der Waals surface area contributed by atoms with E-state index in [9.17, 15) is 9.59 Å². The minimum absolute atomic E-state index is 0.0147. The Hall–Kier alpha value is -1.80. The average Bonchev–Trinajstić information content (AvgIpc) is 2.76. The van der Waals surface area contributed by atoms with Crippen molar-refractivity contribution in [3.63, 3.8) is 0 Å². The number of aromatic nitrogens is 3. The van der Waals surface area contributed by atoms with Crippen LogP contribution in [-0.4, -0.2) is 32.1 Å². The molecule has 1 atom stereocenters. The van der Waals surface area contributed by atoms with Crippen molar-refractivity contribution in [2.45, 2.75) is 24.3 Å². The van der Waals surface area contributed by atoms with Crippen LogP contribution in [0, 0.1) is 5.92 Å². The van der Waals surface area contributed by atoms with E-state index >= 15 is 0 Å². The molecule has 2 aromatic heterocycles. The van der Waals surface area contributed by atoms with E-state index in [1.807, 2.05) is 13.8 Å². The molecule has 7 nitrogen and oxygen atoms in total. The van der Waals surface area contributed by atoms with Gasteiger partial charge in [0.15, 0.2) is 10.8 Å². The van der Waals surface area contributed by atoms with Gasteiger partial charge in [-0.2, -0.15) is 0 Å². The van der Waals surface area contributed by atoms with Crippen LogP contribution in [0.4, 0.5) is 4.79 Å². The number of carbonyl (C=O) groups excluding carboxylic acids is 2. The van der Waals surface area contributed by atoms with Gasteiger partial charge in [-0.05, 0) is 12.0 Å². The SMILES string of the molecule is CC(C)[C@@H](Sc1nc2ncc(Cl)cc2[nH]1)C(=O)NC(N)=O. The molecule has 0 saturated carbocycles. The number of fused-ring (bicyclic) bond motifs is 1. The fourth-order valence-electron chi connectivity index (χ4n) is 1.71. The second-order valence-corrected chi connectivity index (χ2v) is 6.27. The van der Waals surface area contributed by atoms with E-state index in [1.165, 1.54) is 18.0 Å². The van der Waals surface area contributed by atoms with Crippen LogP contribution < -0.4 is 11.1 Å². The summed E-state index contributed by atoms with van der Waals surface area (Å²) in [5.74, 6) is -0.465. The Morgan fingerprint density at radius 1 is 1.48 bits per heavy atom.